The van der Waals surface area contributed by atoms with Gasteiger partial charge in [-0.3, -0.25) is 4.79 Å². The molecule has 0 bridgehead atoms. The summed E-state index contributed by atoms with van der Waals surface area (Å²) in [5, 5.41) is 0. The molecule has 0 aromatic carbocycles. The van der Waals surface area contributed by atoms with Gasteiger partial charge >= 0.3 is 0 Å². The molecule has 18 heavy (non-hydrogen) atoms. The Kier molecular flexibility index (Phi) is 5.04. The number of rotatable bonds is 5. The second-order valence-corrected chi connectivity index (χ2v) is 6.03. The quantitative estimate of drug-likeness (QED) is 0.817. The van der Waals surface area contributed by atoms with Crippen LogP contribution in [0.3, 0.4) is 0 Å². The van der Waals surface area contributed by atoms with E-state index in [-0.39, 0.29) is 0 Å². The summed E-state index contributed by atoms with van der Waals surface area (Å²) in [5.74, 6) is 1.58. The van der Waals surface area contributed by atoms with E-state index >= 15 is 0 Å². The first kappa shape index (κ1) is 13.9. The van der Waals surface area contributed by atoms with E-state index in [0.29, 0.717) is 23.8 Å². The number of nitrogens with zero attached hydrogens (tertiary/aromatic N) is 1. The monoisotopic (exact) mass is 252 g/mol. The normalized spacial score (nSPS) is 28.8. The maximum atomic E-state index is 12.5. The van der Waals surface area contributed by atoms with Gasteiger partial charge in [-0.05, 0) is 51.0 Å². The molecule has 104 valence electrons. The van der Waals surface area contributed by atoms with Crippen LogP contribution < -0.4 is 5.73 Å². The Bertz CT molecular complexity index is 274. The van der Waals surface area contributed by atoms with Crippen LogP contribution in [-0.4, -0.2) is 29.9 Å². The van der Waals surface area contributed by atoms with E-state index in [2.05, 4.69) is 11.8 Å². The van der Waals surface area contributed by atoms with Crippen molar-refractivity contribution in [1.82, 2.24) is 4.90 Å². The van der Waals surface area contributed by atoms with Crippen LogP contribution in [-0.2, 0) is 4.79 Å². The maximum absolute atomic E-state index is 12.5. The van der Waals surface area contributed by atoms with Gasteiger partial charge in [-0.15, -0.1) is 0 Å². The van der Waals surface area contributed by atoms with Crippen molar-refractivity contribution in [2.45, 2.75) is 64.3 Å². The van der Waals surface area contributed by atoms with Crippen molar-refractivity contribution >= 4 is 5.91 Å². The third kappa shape index (κ3) is 3.05. The van der Waals surface area contributed by atoms with Crippen molar-refractivity contribution in [1.29, 1.82) is 0 Å². The molecule has 3 heteroatoms. The van der Waals surface area contributed by atoms with Crippen molar-refractivity contribution in [2.24, 2.45) is 17.6 Å². The smallest absolute Gasteiger partial charge is 0.223 e. The van der Waals surface area contributed by atoms with Crippen LogP contribution in [0.4, 0.5) is 0 Å². The lowest BCUT2D eigenvalue weighted by Gasteiger charge is -2.32. The average Bonchev–Trinajstić information content (AvgIpc) is 3.01. The van der Waals surface area contributed by atoms with Crippen LogP contribution >= 0.6 is 0 Å². The summed E-state index contributed by atoms with van der Waals surface area (Å²) in [6, 6.07) is 0.425. The molecular formula is C15H28N2O. The molecule has 0 aromatic heterocycles. The molecule has 1 amide bonds. The minimum absolute atomic E-state index is 0.384. The zero-order valence-corrected chi connectivity index (χ0v) is 11.7. The van der Waals surface area contributed by atoms with E-state index in [0.717, 1.165) is 25.9 Å². The molecule has 0 saturated heterocycles. The van der Waals surface area contributed by atoms with Crippen LogP contribution in [0.5, 0.6) is 0 Å². The van der Waals surface area contributed by atoms with Crippen LogP contribution in [0.1, 0.15) is 58.3 Å². The third-order valence-electron chi connectivity index (χ3n) is 4.92. The Balaban J connectivity index is 1.92. The van der Waals surface area contributed by atoms with E-state index in [1.54, 1.807) is 0 Å². The zero-order chi connectivity index (χ0) is 13.0. The highest BCUT2D eigenvalue weighted by Crippen LogP contribution is 2.32. The van der Waals surface area contributed by atoms with Crippen LogP contribution in [0.2, 0.25) is 0 Å². The first-order valence-corrected chi connectivity index (χ1v) is 7.75. The fourth-order valence-corrected chi connectivity index (χ4v) is 3.88. The largest absolute Gasteiger partial charge is 0.340 e. The van der Waals surface area contributed by atoms with Gasteiger partial charge < -0.3 is 10.6 Å². The topological polar surface area (TPSA) is 46.3 Å². The lowest BCUT2D eigenvalue weighted by Crippen LogP contribution is -2.44. The molecule has 0 radical (unpaired) electrons. The summed E-state index contributed by atoms with van der Waals surface area (Å²) in [6.45, 7) is 3.70. The minimum Gasteiger partial charge on any atom is -0.340 e. The molecule has 2 aliphatic carbocycles. The summed E-state index contributed by atoms with van der Waals surface area (Å²) < 4.78 is 0. The summed E-state index contributed by atoms with van der Waals surface area (Å²) in [5.41, 5.74) is 5.84. The molecule has 2 aliphatic rings. The second-order valence-electron chi connectivity index (χ2n) is 6.03. The van der Waals surface area contributed by atoms with Gasteiger partial charge in [0.05, 0.1) is 0 Å². The highest BCUT2D eigenvalue weighted by Gasteiger charge is 2.33. The lowest BCUT2D eigenvalue weighted by atomic mass is 9.99. The molecule has 2 fully saturated rings. The van der Waals surface area contributed by atoms with E-state index < -0.39 is 0 Å². The molecule has 2 unspecified atom stereocenters. The Morgan fingerprint density at radius 1 is 1.17 bits per heavy atom. The van der Waals surface area contributed by atoms with Crippen LogP contribution in [0, 0.1) is 11.8 Å². The maximum Gasteiger partial charge on any atom is 0.223 e. The van der Waals surface area contributed by atoms with Crippen LogP contribution in [0.15, 0.2) is 0 Å². The fourth-order valence-electron chi connectivity index (χ4n) is 3.88. The Labute approximate surface area is 111 Å². The van der Waals surface area contributed by atoms with Crippen molar-refractivity contribution in [2.75, 3.05) is 13.1 Å². The van der Waals surface area contributed by atoms with Crippen molar-refractivity contribution in [3.63, 3.8) is 0 Å². The number of amides is 1. The van der Waals surface area contributed by atoms with Crippen molar-refractivity contribution < 1.29 is 4.79 Å². The van der Waals surface area contributed by atoms with E-state index in [1.165, 1.54) is 38.5 Å². The summed E-state index contributed by atoms with van der Waals surface area (Å²) in [6.07, 6.45) is 9.53. The summed E-state index contributed by atoms with van der Waals surface area (Å²) in [7, 11) is 0. The van der Waals surface area contributed by atoms with E-state index in [4.69, 9.17) is 5.73 Å². The second kappa shape index (κ2) is 6.55. The highest BCUT2D eigenvalue weighted by molar-refractivity contribution is 5.76. The Hall–Kier alpha value is -0.570. The summed E-state index contributed by atoms with van der Waals surface area (Å²) in [4.78, 5) is 14.6. The molecule has 0 aliphatic heterocycles. The number of hydrogen-bond donors (Lipinski definition) is 1. The molecule has 0 spiro atoms. The SMILES string of the molecule is CCN(C(=O)CC1CCCC1)C1CCCC1CN. The van der Waals surface area contributed by atoms with Gasteiger partial charge in [-0.2, -0.15) is 0 Å². The first-order valence-electron chi connectivity index (χ1n) is 7.75. The van der Waals surface area contributed by atoms with Gasteiger partial charge in [0, 0.05) is 19.0 Å². The van der Waals surface area contributed by atoms with Gasteiger partial charge in [0.2, 0.25) is 5.91 Å². The first-order chi connectivity index (χ1) is 8.76. The van der Waals surface area contributed by atoms with E-state index in [1.807, 2.05) is 0 Å². The summed E-state index contributed by atoms with van der Waals surface area (Å²) >= 11 is 0. The molecule has 2 saturated carbocycles. The molecule has 2 N–H and O–H groups in total. The molecule has 0 heterocycles. The number of carbonyl (C=O) groups excluding carboxylic acids is 1. The average molecular weight is 252 g/mol. The number of carbonyl (C=O) groups is 1. The standard InChI is InChI=1S/C15H28N2O/c1-2-17(14-9-5-8-13(14)11-16)15(18)10-12-6-3-4-7-12/h12-14H,2-11,16H2,1H3. The predicted molar refractivity (Wildman–Crippen MR) is 74.1 cm³/mol. The molecule has 3 nitrogen and oxygen atoms in total. The predicted octanol–water partition coefficient (Wildman–Crippen LogP) is 2.54. The lowest BCUT2D eigenvalue weighted by molar-refractivity contribution is -0.135. The van der Waals surface area contributed by atoms with Gasteiger partial charge in [-0.1, -0.05) is 19.3 Å². The third-order valence-corrected chi connectivity index (χ3v) is 4.92. The zero-order valence-electron chi connectivity index (χ0n) is 11.7. The molecule has 0 aromatic rings. The van der Waals surface area contributed by atoms with Gasteiger partial charge in [-0.25, -0.2) is 0 Å². The molecule has 2 rings (SSSR count). The fraction of sp³-hybridized carbons (Fsp3) is 0.933. The Morgan fingerprint density at radius 2 is 1.89 bits per heavy atom. The molecule has 2 atom stereocenters. The van der Waals surface area contributed by atoms with E-state index in [9.17, 15) is 4.79 Å². The minimum atomic E-state index is 0.384. The van der Waals surface area contributed by atoms with Gasteiger partial charge in [0.25, 0.3) is 0 Å². The molecular weight excluding hydrogens is 224 g/mol. The number of hydrogen-bond acceptors (Lipinski definition) is 2. The van der Waals surface area contributed by atoms with Gasteiger partial charge in [0.15, 0.2) is 0 Å². The van der Waals surface area contributed by atoms with Crippen molar-refractivity contribution in [3.05, 3.63) is 0 Å². The Morgan fingerprint density at radius 3 is 2.50 bits per heavy atom. The van der Waals surface area contributed by atoms with Crippen molar-refractivity contribution in [3.8, 4) is 0 Å². The van der Waals surface area contributed by atoms with Gasteiger partial charge in [0.1, 0.15) is 0 Å². The number of nitrogens with two attached hydrogens (primary N) is 1. The highest BCUT2D eigenvalue weighted by atomic mass is 16.2. The van der Waals surface area contributed by atoms with Crippen LogP contribution in [0.25, 0.3) is 0 Å².